The molecule has 0 aromatic carbocycles. The molecule has 1 unspecified atom stereocenters. The minimum absolute atomic E-state index is 0.109. The number of aldehydes is 1. The number of nitrogens with zero attached hydrogens (tertiary/aromatic N) is 2. The zero-order chi connectivity index (χ0) is 13.1. The summed E-state index contributed by atoms with van der Waals surface area (Å²) < 4.78 is 0.739. The zero-order valence-electron chi connectivity index (χ0n) is 9.47. The summed E-state index contributed by atoms with van der Waals surface area (Å²) in [6.07, 6.45) is 3.58. The Labute approximate surface area is 112 Å². The highest BCUT2D eigenvalue weighted by Gasteiger charge is 2.26. The number of carbonyl (C=O) groups is 2. The van der Waals surface area contributed by atoms with Gasteiger partial charge < -0.3 is 15.3 Å². The van der Waals surface area contributed by atoms with Crippen molar-refractivity contribution in [3.63, 3.8) is 0 Å². The molecular formula is C11H12BrN3O3. The number of amides is 1. The van der Waals surface area contributed by atoms with E-state index in [0.717, 1.165) is 22.9 Å². The molecule has 0 aliphatic carbocycles. The van der Waals surface area contributed by atoms with Crippen molar-refractivity contribution in [2.45, 2.75) is 12.5 Å². The molecule has 0 radical (unpaired) electrons. The number of halogens is 1. The molecule has 1 aliphatic rings. The van der Waals surface area contributed by atoms with E-state index in [1.807, 2.05) is 4.90 Å². The number of rotatable bonds is 3. The molecule has 2 heterocycles. The maximum atomic E-state index is 11.0. The highest BCUT2D eigenvalue weighted by molar-refractivity contribution is 9.10. The maximum Gasteiger partial charge on any atom is 0.404 e. The second kappa shape index (κ2) is 5.34. The summed E-state index contributed by atoms with van der Waals surface area (Å²) in [6, 6.07) is -0.109. The van der Waals surface area contributed by atoms with Gasteiger partial charge in [-0.1, -0.05) is 0 Å². The van der Waals surface area contributed by atoms with Crippen LogP contribution in [0, 0.1) is 0 Å². The SMILES string of the molecule is O=Cc1cncc(Br)c1N1CCC(NC(=O)O)C1. The van der Waals surface area contributed by atoms with Crippen LogP contribution >= 0.6 is 15.9 Å². The minimum atomic E-state index is -1.02. The Morgan fingerprint density at radius 2 is 2.39 bits per heavy atom. The third-order valence-electron chi connectivity index (χ3n) is 2.86. The maximum absolute atomic E-state index is 11.0. The monoisotopic (exact) mass is 313 g/mol. The number of hydrogen-bond donors (Lipinski definition) is 2. The van der Waals surface area contributed by atoms with Crippen molar-refractivity contribution in [1.82, 2.24) is 10.3 Å². The predicted molar refractivity (Wildman–Crippen MR) is 69.1 cm³/mol. The summed E-state index contributed by atoms with van der Waals surface area (Å²) in [5.41, 5.74) is 1.27. The van der Waals surface area contributed by atoms with Crippen LogP contribution in [0.25, 0.3) is 0 Å². The molecule has 0 bridgehead atoms. The van der Waals surface area contributed by atoms with Crippen LogP contribution in [0.15, 0.2) is 16.9 Å². The Hall–Kier alpha value is -1.63. The van der Waals surface area contributed by atoms with E-state index in [1.165, 1.54) is 6.20 Å². The second-order valence-corrected chi connectivity index (χ2v) is 4.91. The summed E-state index contributed by atoms with van der Waals surface area (Å²) in [6.45, 7) is 1.25. The van der Waals surface area contributed by atoms with Gasteiger partial charge in [-0.05, 0) is 22.4 Å². The van der Waals surface area contributed by atoms with Gasteiger partial charge in [-0.15, -0.1) is 0 Å². The first-order valence-corrected chi connectivity index (χ1v) is 6.24. The quantitative estimate of drug-likeness (QED) is 0.826. The van der Waals surface area contributed by atoms with Crippen LogP contribution in [0.5, 0.6) is 0 Å². The van der Waals surface area contributed by atoms with Crippen LogP contribution in [0.4, 0.5) is 10.5 Å². The summed E-state index contributed by atoms with van der Waals surface area (Å²) >= 11 is 3.37. The number of carboxylic acid groups (broad SMARTS) is 1. The summed E-state index contributed by atoms with van der Waals surface area (Å²) in [7, 11) is 0. The molecule has 1 aliphatic heterocycles. The van der Waals surface area contributed by atoms with E-state index in [0.29, 0.717) is 18.7 Å². The lowest BCUT2D eigenvalue weighted by atomic mass is 10.2. The van der Waals surface area contributed by atoms with Crippen molar-refractivity contribution in [2.24, 2.45) is 0 Å². The third kappa shape index (κ3) is 2.61. The molecule has 7 heteroatoms. The van der Waals surface area contributed by atoms with Crippen molar-refractivity contribution in [1.29, 1.82) is 0 Å². The molecule has 2 N–H and O–H groups in total. The van der Waals surface area contributed by atoms with E-state index < -0.39 is 6.09 Å². The average Bonchev–Trinajstić information content (AvgIpc) is 2.75. The van der Waals surface area contributed by atoms with Crippen LogP contribution in [-0.4, -0.2) is 41.6 Å². The largest absolute Gasteiger partial charge is 0.465 e. The number of carbonyl (C=O) groups excluding carboxylic acids is 1. The fourth-order valence-corrected chi connectivity index (χ4v) is 2.72. The van der Waals surface area contributed by atoms with E-state index in [2.05, 4.69) is 26.2 Å². The van der Waals surface area contributed by atoms with E-state index in [4.69, 9.17) is 5.11 Å². The Kier molecular flexibility index (Phi) is 3.81. The van der Waals surface area contributed by atoms with Gasteiger partial charge in [0.1, 0.15) is 0 Å². The van der Waals surface area contributed by atoms with Gasteiger partial charge in [-0.25, -0.2) is 4.79 Å². The molecule has 2 rings (SSSR count). The number of anilines is 1. The van der Waals surface area contributed by atoms with Crippen LogP contribution in [-0.2, 0) is 0 Å². The highest BCUT2D eigenvalue weighted by atomic mass is 79.9. The molecule has 1 atom stereocenters. The number of pyridine rings is 1. The Balaban J connectivity index is 2.19. The van der Waals surface area contributed by atoms with Crippen LogP contribution in [0.2, 0.25) is 0 Å². The lowest BCUT2D eigenvalue weighted by Gasteiger charge is -2.21. The van der Waals surface area contributed by atoms with Crippen LogP contribution in [0.3, 0.4) is 0 Å². The summed E-state index contributed by atoms with van der Waals surface area (Å²) in [5, 5.41) is 11.1. The first-order chi connectivity index (χ1) is 8.61. The van der Waals surface area contributed by atoms with Gasteiger partial charge in [-0.3, -0.25) is 9.78 Å². The third-order valence-corrected chi connectivity index (χ3v) is 3.44. The normalized spacial score (nSPS) is 18.7. The standard InChI is InChI=1S/C11H12BrN3O3/c12-9-4-13-3-7(6-16)10(9)15-2-1-8(5-15)14-11(17)18/h3-4,6,8,14H,1-2,5H2,(H,17,18). The summed E-state index contributed by atoms with van der Waals surface area (Å²) in [5.74, 6) is 0. The average molecular weight is 314 g/mol. The van der Waals surface area contributed by atoms with Crippen molar-refractivity contribution in [2.75, 3.05) is 18.0 Å². The van der Waals surface area contributed by atoms with Gasteiger partial charge in [0.2, 0.25) is 0 Å². The molecule has 18 heavy (non-hydrogen) atoms. The van der Waals surface area contributed by atoms with Gasteiger partial charge in [-0.2, -0.15) is 0 Å². The molecule has 96 valence electrons. The van der Waals surface area contributed by atoms with E-state index >= 15 is 0 Å². The lowest BCUT2D eigenvalue weighted by Crippen LogP contribution is -2.36. The Morgan fingerprint density at radius 1 is 1.61 bits per heavy atom. The number of nitrogens with one attached hydrogen (secondary N) is 1. The molecule has 1 aromatic rings. The van der Waals surface area contributed by atoms with Crippen molar-refractivity contribution in [3.05, 3.63) is 22.4 Å². The van der Waals surface area contributed by atoms with Crippen molar-refractivity contribution < 1.29 is 14.7 Å². The molecule has 0 saturated carbocycles. The van der Waals surface area contributed by atoms with Gasteiger partial charge in [0.05, 0.1) is 21.8 Å². The molecular weight excluding hydrogens is 302 g/mol. The minimum Gasteiger partial charge on any atom is -0.465 e. The molecule has 6 nitrogen and oxygen atoms in total. The molecule has 0 spiro atoms. The first kappa shape index (κ1) is 12.8. The zero-order valence-corrected chi connectivity index (χ0v) is 11.1. The van der Waals surface area contributed by atoms with Gasteiger partial charge in [0.15, 0.2) is 6.29 Å². The highest BCUT2D eigenvalue weighted by Crippen LogP contribution is 2.31. The summed E-state index contributed by atoms with van der Waals surface area (Å²) in [4.78, 5) is 27.5. The molecule has 1 fully saturated rings. The lowest BCUT2D eigenvalue weighted by molar-refractivity contribution is 0.112. The molecule has 1 amide bonds. The topological polar surface area (TPSA) is 82.5 Å². The van der Waals surface area contributed by atoms with Crippen molar-refractivity contribution >= 4 is 34.0 Å². The fraction of sp³-hybridized carbons (Fsp3) is 0.364. The fourth-order valence-electron chi connectivity index (χ4n) is 2.12. The van der Waals surface area contributed by atoms with Crippen LogP contribution in [0.1, 0.15) is 16.8 Å². The van der Waals surface area contributed by atoms with Gasteiger partial charge in [0, 0.05) is 25.5 Å². The smallest absolute Gasteiger partial charge is 0.404 e. The van der Waals surface area contributed by atoms with E-state index in [1.54, 1.807) is 6.20 Å². The first-order valence-electron chi connectivity index (χ1n) is 5.45. The molecule has 1 aromatic heterocycles. The second-order valence-electron chi connectivity index (χ2n) is 4.06. The Bertz CT molecular complexity index is 481. The predicted octanol–water partition coefficient (Wildman–Crippen LogP) is 1.50. The van der Waals surface area contributed by atoms with Crippen LogP contribution < -0.4 is 10.2 Å². The number of hydrogen-bond acceptors (Lipinski definition) is 4. The Morgan fingerprint density at radius 3 is 3.06 bits per heavy atom. The van der Waals surface area contributed by atoms with E-state index in [-0.39, 0.29) is 6.04 Å². The van der Waals surface area contributed by atoms with Gasteiger partial charge >= 0.3 is 6.09 Å². The number of aromatic nitrogens is 1. The van der Waals surface area contributed by atoms with Gasteiger partial charge in [0.25, 0.3) is 0 Å². The van der Waals surface area contributed by atoms with E-state index in [9.17, 15) is 9.59 Å². The molecule has 1 saturated heterocycles. The van der Waals surface area contributed by atoms with Crippen molar-refractivity contribution in [3.8, 4) is 0 Å².